The zero-order chi connectivity index (χ0) is 20.8. The third kappa shape index (κ3) is 6.54. The Balaban J connectivity index is 1.69. The van der Waals surface area contributed by atoms with Gasteiger partial charge >= 0.3 is 0 Å². The normalized spacial score (nSPS) is 11.3. The number of carbonyl (C=O) groups is 1. The molecule has 4 nitrogen and oxygen atoms in total. The van der Waals surface area contributed by atoms with Crippen molar-refractivity contribution in [1.82, 2.24) is 9.88 Å². The summed E-state index contributed by atoms with van der Waals surface area (Å²) in [5, 5.41) is 0.794. The fourth-order valence-electron chi connectivity index (χ4n) is 2.90. The fraction of sp³-hybridized carbons (Fsp3) is 0.364. The molecule has 0 bridgehead atoms. The van der Waals surface area contributed by atoms with Crippen molar-refractivity contribution in [3.05, 3.63) is 52.5 Å². The molecule has 0 saturated heterocycles. The summed E-state index contributed by atoms with van der Waals surface area (Å²) in [5.41, 5.74) is 2.19. The molecule has 0 aliphatic carbocycles. The highest BCUT2D eigenvalue weighted by molar-refractivity contribution is 9.10. The van der Waals surface area contributed by atoms with Gasteiger partial charge in [-0.25, -0.2) is 4.98 Å². The number of hydrogen-bond acceptors (Lipinski definition) is 5. The van der Waals surface area contributed by atoms with Gasteiger partial charge in [-0.3, -0.25) is 9.69 Å². The van der Waals surface area contributed by atoms with Crippen LogP contribution in [-0.4, -0.2) is 48.7 Å². The molecule has 0 atom stereocenters. The van der Waals surface area contributed by atoms with E-state index < -0.39 is 0 Å². The molecule has 0 radical (unpaired) electrons. The Morgan fingerprint density at radius 2 is 1.90 bits per heavy atom. The van der Waals surface area contributed by atoms with E-state index in [0.717, 1.165) is 38.5 Å². The number of aryl methyl sites for hydroxylation is 1. The van der Waals surface area contributed by atoms with E-state index >= 15 is 0 Å². The van der Waals surface area contributed by atoms with E-state index in [2.05, 4.69) is 72.2 Å². The molecule has 29 heavy (non-hydrogen) atoms. The summed E-state index contributed by atoms with van der Waals surface area (Å²) in [4.78, 5) is 23.0. The van der Waals surface area contributed by atoms with Crippen LogP contribution in [0.3, 0.4) is 0 Å². The predicted molar refractivity (Wildman–Crippen MR) is 129 cm³/mol. The number of benzene rings is 2. The minimum Gasteiger partial charge on any atom is -0.309 e. The van der Waals surface area contributed by atoms with Gasteiger partial charge < -0.3 is 4.90 Å². The molecular weight excluding hydrogens is 466 g/mol. The van der Waals surface area contributed by atoms with E-state index in [1.54, 1.807) is 23.1 Å². The van der Waals surface area contributed by atoms with Gasteiger partial charge in [0.2, 0.25) is 5.91 Å². The number of fused-ring (bicyclic) bond motifs is 1. The standard InChI is InChI=1S/C22H26BrN3OS2/c1-16-5-8-18(9-6-16)28-14-11-21(27)26(13-4-12-25(2)3)22-24-19-10-7-17(23)15-20(19)29-22/h5-10,15H,4,11-14H2,1-3H3. The minimum absolute atomic E-state index is 0.140. The summed E-state index contributed by atoms with van der Waals surface area (Å²) in [5.74, 6) is 0.907. The number of thioether (sulfide) groups is 1. The van der Waals surface area contributed by atoms with Crippen LogP contribution in [0.5, 0.6) is 0 Å². The monoisotopic (exact) mass is 491 g/mol. The molecule has 0 unspecified atom stereocenters. The van der Waals surface area contributed by atoms with E-state index in [1.807, 2.05) is 17.0 Å². The molecule has 0 aliphatic heterocycles. The lowest BCUT2D eigenvalue weighted by molar-refractivity contribution is -0.118. The van der Waals surface area contributed by atoms with Gasteiger partial charge in [0, 0.05) is 28.1 Å². The number of halogens is 1. The van der Waals surface area contributed by atoms with Gasteiger partial charge in [-0.2, -0.15) is 0 Å². The molecule has 1 heterocycles. The summed E-state index contributed by atoms with van der Waals surface area (Å²) in [6.07, 6.45) is 1.42. The number of aromatic nitrogens is 1. The lowest BCUT2D eigenvalue weighted by Gasteiger charge is -2.21. The molecular formula is C22H26BrN3OS2. The van der Waals surface area contributed by atoms with Crippen LogP contribution in [0.25, 0.3) is 10.2 Å². The van der Waals surface area contributed by atoms with Gasteiger partial charge in [-0.15, -0.1) is 11.8 Å². The van der Waals surface area contributed by atoms with E-state index in [4.69, 9.17) is 4.98 Å². The summed E-state index contributed by atoms with van der Waals surface area (Å²) in [6.45, 7) is 3.71. The van der Waals surface area contributed by atoms with E-state index in [1.165, 1.54) is 10.5 Å². The summed E-state index contributed by atoms with van der Waals surface area (Å²) in [6, 6.07) is 14.5. The van der Waals surface area contributed by atoms with Crippen molar-refractivity contribution in [2.24, 2.45) is 0 Å². The first-order chi connectivity index (χ1) is 13.9. The molecule has 1 amide bonds. The van der Waals surface area contributed by atoms with Crippen molar-refractivity contribution in [2.45, 2.75) is 24.7 Å². The Morgan fingerprint density at radius 1 is 1.14 bits per heavy atom. The highest BCUT2D eigenvalue weighted by atomic mass is 79.9. The molecule has 0 N–H and O–H groups in total. The number of carbonyl (C=O) groups excluding carboxylic acids is 1. The van der Waals surface area contributed by atoms with Crippen LogP contribution in [0.1, 0.15) is 18.4 Å². The molecule has 0 saturated carbocycles. The highest BCUT2D eigenvalue weighted by Crippen LogP contribution is 2.31. The van der Waals surface area contributed by atoms with Crippen LogP contribution in [0.2, 0.25) is 0 Å². The highest BCUT2D eigenvalue weighted by Gasteiger charge is 2.19. The molecule has 0 aliphatic rings. The molecule has 0 spiro atoms. The van der Waals surface area contributed by atoms with Crippen LogP contribution in [0.15, 0.2) is 51.8 Å². The number of rotatable bonds is 9. The molecule has 7 heteroatoms. The van der Waals surface area contributed by atoms with Crippen molar-refractivity contribution >= 4 is 60.3 Å². The number of hydrogen-bond donors (Lipinski definition) is 0. The second kappa shape index (κ2) is 10.6. The molecule has 154 valence electrons. The average Bonchev–Trinajstić information content (AvgIpc) is 3.09. The smallest absolute Gasteiger partial charge is 0.229 e. The zero-order valence-electron chi connectivity index (χ0n) is 17.0. The zero-order valence-corrected chi connectivity index (χ0v) is 20.2. The SMILES string of the molecule is Cc1ccc(SCCC(=O)N(CCCN(C)C)c2nc3ccc(Br)cc3s2)cc1. The largest absolute Gasteiger partial charge is 0.309 e. The second-order valence-electron chi connectivity index (χ2n) is 7.22. The van der Waals surface area contributed by atoms with Crippen molar-refractivity contribution < 1.29 is 4.79 Å². The number of thiazole rings is 1. The third-order valence-corrected chi connectivity index (χ3v) is 7.01. The maximum absolute atomic E-state index is 13.1. The summed E-state index contributed by atoms with van der Waals surface area (Å²) >= 11 is 6.82. The first kappa shape index (κ1) is 22.3. The van der Waals surface area contributed by atoms with Crippen LogP contribution < -0.4 is 4.90 Å². The maximum Gasteiger partial charge on any atom is 0.229 e. The fourth-order valence-corrected chi connectivity index (χ4v) is 5.30. The van der Waals surface area contributed by atoms with Gasteiger partial charge in [-0.1, -0.05) is 45.0 Å². The molecule has 3 aromatic rings. The number of anilines is 1. The van der Waals surface area contributed by atoms with Crippen molar-refractivity contribution in [2.75, 3.05) is 37.8 Å². The first-order valence-electron chi connectivity index (χ1n) is 9.63. The Bertz CT molecular complexity index is 956. The van der Waals surface area contributed by atoms with Crippen LogP contribution in [0.4, 0.5) is 5.13 Å². The van der Waals surface area contributed by atoms with E-state index in [0.29, 0.717) is 13.0 Å². The number of amides is 1. The van der Waals surface area contributed by atoms with Gasteiger partial charge in [0.15, 0.2) is 5.13 Å². The van der Waals surface area contributed by atoms with Crippen molar-refractivity contribution in [1.29, 1.82) is 0 Å². The Kier molecular flexibility index (Phi) is 8.12. The van der Waals surface area contributed by atoms with Gasteiger partial charge in [-0.05, 0) is 64.3 Å². The predicted octanol–water partition coefficient (Wildman–Crippen LogP) is 5.83. The average molecular weight is 493 g/mol. The molecule has 3 rings (SSSR count). The number of nitrogens with zero attached hydrogens (tertiary/aromatic N) is 3. The minimum atomic E-state index is 0.140. The van der Waals surface area contributed by atoms with Crippen LogP contribution in [0, 0.1) is 6.92 Å². The van der Waals surface area contributed by atoms with Gasteiger partial charge in [0.25, 0.3) is 0 Å². The Hall–Kier alpha value is -1.41. The lowest BCUT2D eigenvalue weighted by Crippen LogP contribution is -2.33. The quantitative estimate of drug-likeness (QED) is 0.352. The molecule has 1 aromatic heterocycles. The van der Waals surface area contributed by atoms with Crippen molar-refractivity contribution in [3.63, 3.8) is 0 Å². The van der Waals surface area contributed by atoms with Gasteiger partial charge in [0.1, 0.15) is 0 Å². The topological polar surface area (TPSA) is 36.4 Å². The van der Waals surface area contributed by atoms with E-state index in [9.17, 15) is 4.79 Å². The molecule has 0 fully saturated rings. The maximum atomic E-state index is 13.1. The second-order valence-corrected chi connectivity index (χ2v) is 10.3. The van der Waals surface area contributed by atoms with Gasteiger partial charge in [0.05, 0.1) is 10.2 Å². The van der Waals surface area contributed by atoms with Crippen LogP contribution in [-0.2, 0) is 4.79 Å². The van der Waals surface area contributed by atoms with Crippen LogP contribution >= 0.6 is 39.0 Å². The van der Waals surface area contributed by atoms with Crippen molar-refractivity contribution in [3.8, 4) is 0 Å². The summed E-state index contributed by atoms with van der Waals surface area (Å²) in [7, 11) is 4.11. The third-order valence-electron chi connectivity index (χ3n) is 4.46. The molecule has 2 aromatic carbocycles. The Morgan fingerprint density at radius 3 is 2.62 bits per heavy atom. The lowest BCUT2D eigenvalue weighted by atomic mass is 10.2. The summed E-state index contributed by atoms with van der Waals surface area (Å²) < 4.78 is 2.12. The van der Waals surface area contributed by atoms with E-state index in [-0.39, 0.29) is 5.91 Å². The first-order valence-corrected chi connectivity index (χ1v) is 12.2. The Labute approximate surface area is 189 Å².